The van der Waals surface area contributed by atoms with Gasteiger partial charge >= 0.3 is 0 Å². The summed E-state index contributed by atoms with van der Waals surface area (Å²) in [5, 5.41) is 30.1. The van der Waals surface area contributed by atoms with Gasteiger partial charge in [-0.15, -0.1) is 0 Å². The normalized spacial score (nSPS) is 26.7. The minimum atomic E-state index is -0.919. The number of nitrogens with zero attached hydrogens (tertiary/aromatic N) is 4. The van der Waals surface area contributed by atoms with E-state index in [-0.39, 0.29) is 42.5 Å². The van der Waals surface area contributed by atoms with E-state index in [2.05, 4.69) is 59.4 Å². The van der Waals surface area contributed by atoms with Gasteiger partial charge in [-0.25, -0.2) is 0 Å². The number of anilines is 1. The second kappa shape index (κ2) is 20.4. The third-order valence-corrected chi connectivity index (χ3v) is 14.5. The van der Waals surface area contributed by atoms with Crippen LogP contribution in [0.1, 0.15) is 62.0 Å². The lowest BCUT2D eigenvalue weighted by molar-refractivity contribution is -0.183. The van der Waals surface area contributed by atoms with Gasteiger partial charge in [-0.2, -0.15) is 5.06 Å². The Morgan fingerprint density at radius 3 is 2.40 bits per heavy atom. The van der Waals surface area contributed by atoms with Crippen LogP contribution in [0.25, 0.3) is 11.1 Å². The molecular weight excluding hydrogens is 797 g/mol. The van der Waals surface area contributed by atoms with Gasteiger partial charge in [0, 0.05) is 80.7 Å². The van der Waals surface area contributed by atoms with E-state index in [1.807, 2.05) is 81.6 Å². The van der Waals surface area contributed by atoms with Crippen LogP contribution in [-0.4, -0.2) is 148 Å². The summed E-state index contributed by atoms with van der Waals surface area (Å²) < 4.78 is 12.4. The highest BCUT2D eigenvalue weighted by atomic mass is 16.7. The summed E-state index contributed by atoms with van der Waals surface area (Å²) in [5.74, 6) is 1.01. The molecule has 5 aliphatic rings. The van der Waals surface area contributed by atoms with E-state index in [0.717, 1.165) is 47.5 Å². The van der Waals surface area contributed by atoms with Crippen molar-refractivity contribution in [2.24, 2.45) is 29.1 Å². The van der Waals surface area contributed by atoms with Crippen LogP contribution < -0.4 is 20.3 Å². The molecule has 8 rings (SSSR count). The number of nitrogens with one attached hydrogen (secondary N) is 2. The molecule has 13 nitrogen and oxygen atoms in total. The molecule has 3 aromatic rings. The quantitative estimate of drug-likeness (QED) is 0.142. The lowest BCUT2D eigenvalue weighted by Gasteiger charge is -2.62. The number of hydroxylamine groups is 2. The first kappa shape index (κ1) is 46.9. The third kappa shape index (κ3) is 10.7. The molecule has 4 N–H and O–H groups in total. The van der Waals surface area contributed by atoms with Crippen LogP contribution in [0.15, 0.2) is 66.7 Å². The Kier molecular flexibility index (Phi) is 15.2. The standard InChI is InChI=1S/C50H72N6O7/c1-32-42-27-38(50(42,3)4)28-43(32)52-49(60)46-45(33(2)58)44(31-57)63-56(46)29-35-15-12-16-41(47(35)62-22-19-55-17-20-61-21-18-55)36-24-37(26-40(25-36)54(7)8)48(59)51-39(30-53(5)6)23-34-13-10-9-11-14-34/h9-16,24-26,32-33,38-39,42-46,57-58H,17-23,27-31H2,1-8H3,(H,51,59)(H,52,60)/t32-,33-,38-,39-,42+,43-,44-,45+,46-/m0/s1. The molecule has 2 saturated heterocycles. The number of likely N-dealkylation sites (N-methyl/N-ethyl adjacent to an activating group) is 1. The predicted molar refractivity (Wildman–Crippen MR) is 246 cm³/mol. The zero-order valence-corrected chi connectivity index (χ0v) is 38.8. The van der Waals surface area contributed by atoms with Crippen molar-refractivity contribution in [3.8, 4) is 16.9 Å². The second-order valence-electron chi connectivity index (χ2n) is 19.6. The van der Waals surface area contributed by atoms with E-state index in [0.29, 0.717) is 68.4 Å². The van der Waals surface area contributed by atoms with Crippen molar-refractivity contribution in [1.82, 2.24) is 25.5 Å². The molecule has 2 amide bonds. The summed E-state index contributed by atoms with van der Waals surface area (Å²) in [6.45, 7) is 13.2. The maximum atomic E-state index is 14.6. The van der Waals surface area contributed by atoms with Crippen molar-refractivity contribution in [3.63, 3.8) is 0 Å². The first-order chi connectivity index (χ1) is 30.1. The molecule has 2 aliphatic heterocycles. The van der Waals surface area contributed by atoms with Crippen LogP contribution in [0.4, 0.5) is 5.69 Å². The molecule has 344 valence electrons. The highest BCUT2D eigenvalue weighted by Gasteiger charge is 2.57. The van der Waals surface area contributed by atoms with Crippen LogP contribution >= 0.6 is 0 Å². The molecule has 3 aliphatic carbocycles. The Hall–Kier alpha value is -4.08. The Labute approximate surface area is 375 Å². The highest BCUT2D eigenvalue weighted by molar-refractivity contribution is 5.97. The number of amides is 2. The minimum Gasteiger partial charge on any atom is -0.491 e. The maximum Gasteiger partial charge on any atom is 0.251 e. The Morgan fingerprint density at radius 2 is 1.75 bits per heavy atom. The molecule has 0 unspecified atom stereocenters. The van der Waals surface area contributed by atoms with Gasteiger partial charge < -0.3 is 40.1 Å². The van der Waals surface area contributed by atoms with Gasteiger partial charge in [0.25, 0.3) is 5.91 Å². The fraction of sp³-hybridized carbons (Fsp3) is 0.600. The average Bonchev–Trinajstić information content (AvgIpc) is 3.63. The van der Waals surface area contributed by atoms with Crippen LogP contribution in [0.2, 0.25) is 0 Å². The highest BCUT2D eigenvalue weighted by Crippen LogP contribution is 2.61. The molecule has 0 spiro atoms. The smallest absolute Gasteiger partial charge is 0.251 e. The van der Waals surface area contributed by atoms with Gasteiger partial charge in [-0.3, -0.25) is 19.3 Å². The molecule has 13 heteroatoms. The zero-order chi connectivity index (χ0) is 45.0. The van der Waals surface area contributed by atoms with E-state index in [1.165, 1.54) is 6.42 Å². The molecule has 2 heterocycles. The van der Waals surface area contributed by atoms with Crippen molar-refractivity contribution in [1.29, 1.82) is 0 Å². The van der Waals surface area contributed by atoms with Crippen molar-refractivity contribution in [2.45, 2.75) is 83.8 Å². The predicted octanol–water partition coefficient (Wildman–Crippen LogP) is 4.69. The zero-order valence-electron chi connectivity index (χ0n) is 38.8. The van der Waals surface area contributed by atoms with E-state index in [4.69, 9.17) is 14.3 Å². The lowest BCUT2D eigenvalue weighted by atomic mass is 9.45. The van der Waals surface area contributed by atoms with Crippen molar-refractivity contribution in [3.05, 3.63) is 83.4 Å². The first-order valence-electron chi connectivity index (χ1n) is 23.0. The van der Waals surface area contributed by atoms with Crippen LogP contribution in [0.5, 0.6) is 5.75 Å². The SMILES string of the molecule is C[C@@H]1[C@@H](NC(=O)[C@@H]2[C@H]([C@H](C)O)[C@H](CO)ON2Cc2cccc(-c3cc(C(=O)N[C@@H](Cc4ccccc4)CN(C)C)cc(N(C)C)c3)c2OCCN2CCOCC2)C[C@@H]2C[C@H]1C2(C)C. The summed E-state index contributed by atoms with van der Waals surface area (Å²) in [7, 11) is 7.95. The summed E-state index contributed by atoms with van der Waals surface area (Å²) in [4.78, 5) is 41.7. The molecule has 2 bridgehead atoms. The Bertz CT molecular complexity index is 2010. The van der Waals surface area contributed by atoms with Gasteiger partial charge in [0.05, 0.1) is 32.5 Å². The van der Waals surface area contributed by atoms with Gasteiger partial charge in [0.2, 0.25) is 5.91 Å². The van der Waals surface area contributed by atoms with Crippen LogP contribution in [0.3, 0.4) is 0 Å². The fourth-order valence-corrected chi connectivity index (χ4v) is 10.8. The van der Waals surface area contributed by atoms with Crippen LogP contribution in [0, 0.1) is 29.1 Å². The van der Waals surface area contributed by atoms with Gasteiger partial charge in [0.15, 0.2) is 0 Å². The number of hydrogen-bond acceptors (Lipinski definition) is 11. The largest absolute Gasteiger partial charge is 0.491 e. The molecule has 0 radical (unpaired) electrons. The topological polar surface area (TPSA) is 139 Å². The van der Waals surface area contributed by atoms with E-state index in [1.54, 1.807) is 12.0 Å². The third-order valence-electron chi connectivity index (χ3n) is 14.5. The summed E-state index contributed by atoms with van der Waals surface area (Å²) >= 11 is 0. The molecular formula is C50H72N6O7. The van der Waals surface area contributed by atoms with Crippen molar-refractivity contribution in [2.75, 3.05) is 85.7 Å². The van der Waals surface area contributed by atoms with Gasteiger partial charge in [-0.1, -0.05) is 69.3 Å². The number of aliphatic hydroxyl groups is 2. The summed E-state index contributed by atoms with van der Waals surface area (Å²) in [5.41, 5.74) is 5.19. The second-order valence-corrected chi connectivity index (χ2v) is 19.6. The number of rotatable bonds is 18. The molecule has 63 heavy (non-hydrogen) atoms. The molecule has 5 fully saturated rings. The number of aliphatic hydroxyl groups excluding tert-OH is 2. The maximum absolute atomic E-state index is 14.6. The van der Waals surface area contributed by atoms with Gasteiger partial charge in [0.1, 0.15) is 24.5 Å². The van der Waals surface area contributed by atoms with Gasteiger partial charge in [-0.05, 0) is 92.8 Å². The number of hydrogen-bond donors (Lipinski definition) is 4. The number of para-hydroxylation sites is 1. The number of benzene rings is 3. The fourth-order valence-electron chi connectivity index (χ4n) is 10.8. The number of carbonyl (C=O) groups is 2. The summed E-state index contributed by atoms with van der Waals surface area (Å²) in [6.07, 6.45) is 1.12. The van der Waals surface area contributed by atoms with E-state index in [9.17, 15) is 19.8 Å². The van der Waals surface area contributed by atoms with Crippen molar-refractivity contribution >= 4 is 17.5 Å². The van der Waals surface area contributed by atoms with E-state index >= 15 is 0 Å². The molecule has 3 saturated carbocycles. The number of carbonyl (C=O) groups excluding carboxylic acids is 2. The number of fused-ring (bicyclic) bond motifs is 2. The Morgan fingerprint density at radius 1 is 1.00 bits per heavy atom. The molecule has 3 aromatic carbocycles. The first-order valence-corrected chi connectivity index (χ1v) is 23.0. The summed E-state index contributed by atoms with van der Waals surface area (Å²) in [6, 6.07) is 21.1. The Balaban J connectivity index is 1.21. The number of morpholine rings is 1. The van der Waals surface area contributed by atoms with E-state index < -0.39 is 24.2 Å². The lowest BCUT2D eigenvalue weighted by Crippen LogP contribution is -2.62. The van der Waals surface area contributed by atoms with Crippen LogP contribution in [-0.2, 0) is 27.3 Å². The molecule has 0 aromatic heterocycles. The minimum absolute atomic E-state index is 0.0215. The average molecular weight is 869 g/mol. The van der Waals surface area contributed by atoms with Crippen molar-refractivity contribution < 1.29 is 34.1 Å². The monoisotopic (exact) mass is 869 g/mol. The number of ether oxygens (including phenoxy) is 2. The molecule has 9 atom stereocenters.